The molecule has 9 nitrogen and oxygen atoms in total. The van der Waals surface area contributed by atoms with Gasteiger partial charge in [-0.3, -0.25) is 14.4 Å². The van der Waals surface area contributed by atoms with Gasteiger partial charge in [0.15, 0.2) is 6.61 Å². The summed E-state index contributed by atoms with van der Waals surface area (Å²) in [6, 6.07) is 18.3. The average Bonchev–Trinajstić information content (AvgIpc) is 3.33. The quantitative estimate of drug-likeness (QED) is 0.337. The van der Waals surface area contributed by atoms with E-state index in [-0.39, 0.29) is 18.9 Å². The van der Waals surface area contributed by atoms with Gasteiger partial charge in [-0.2, -0.15) is 0 Å². The van der Waals surface area contributed by atoms with Gasteiger partial charge in [-0.15, -0.1) is 0 Å². The van der Waals surface area contributed by atoms with Crippen LogP contribution in [-0.2, 0) is 19.1 Å². The summed E-state index contributed by atoms with van der Waals surface area (Å²) in [5.74, 6) is 0.722. The molecule has 1 atom stereocenters. The number of nitrogens with one attached hydrogen (secondary N) is 1. The minimum Gasteiger partial charge on any atom is -0.497 e. The van der Waals surface area contributed by atoms with E-state index in [4.69, 9.17) is 18.9 Å². The number of amides is 2. The summed E-state index contributed by atoms with van der Waals surface area (Å²) in [5.41, 5.74) is 3.26. The molecule has 0 aromatic heterocycles. The van der Waals surface area contributed by atoms with Crippen LogP contribution in [0.4, 0.5) is 11.4 Å². The molecule has 40 heavy (non-hydrogen) atoms. The second-order valence-electron chi connectivity index (χ2n) is 9.92. The topological polar surface area (TPSA) is 103 Å². The molecule has 1 aliphatic heterocycles. The number of methoxy groups -OCH3 is 2. The van der Waals surface area contributed by atoms with Crippen LogP contribution in [0.5, 0.6) is 23.0 Å². The number of carbonyl (C=O) groups excluding carboxylic acids is 3. The maximum Gasteiger partial charge on any atom is 0.311 e. The predicted molar refractivity (Wildman–Crippen MR) is 151 cm³/mol. The Hall–Kier alpha value is -4.53. The fraction of sp³-hybridized carbons (Fsp3) is 0.323. The first-order valence-corrected chi connectivity index (χ1v) is 13.1. The third-order valence-corrected chi connectivity index (χ3v) is 6.65. The molecule has 0 radical (unpaired) electrons. The van der Waals surface area contributed by atoms with Gasteiger partial charge in [-0.25, -0.2) is 0 Å². The molecule has 4 rings (SSSR count). The Morgan fingerprint density at radius 2 is 1.68 bits per heavy atom. The van der Waals surface area contributed by atoms with E-state index in [9.17, 15) is 14.4 Å². The fourth-order valence-corrected chi connectivity index (χ4v) is 4.50. The Bertz CT molecular complexity index is 1380. The van der Waals surface area contributed by atoms with Gasteiger partial charge in [-0.1, -0.05) is 26.0 Å². The fourth-order valence-electron chi connectivity index (χ4n) is 4.50. The van der Waals surface area contributed by atoms with Crippen LogP contribution in [-0.4, -0.2) is 45.2 Å². The molecule has 1 N–H and O–H groups in total. The molecule has 1 saturated heterocycles. The third kappa shape index (κ3) is 6.72. The van der Waals surface area contributed by atoms with E-state index in [0.717, 1.165) is 16.9 Å². The average molecular weight is 547 g/mol. The molecule has 1 heterocycles. The van der Waals surface area contributed by atoms with Crippen molar-refractivity contribution >= 4 is 29.2 Å². The van der Waals surface area contributed by atoms with Crippen molar-refractivity contribution in [3.63, 3.8) is 0 Å². The molecule has 2 amide bonds. The molecule has 0 aliphatic carbocycles. The van der Waals surface area contributed by atoms with Crippen molar-refractivity contribution in [3.8, 4) is 23.0 Å². The van der Waals surface area contributed by atoms with Gasteiger partial charge in [0.1, 0.15) is 23.0 Å². The molecule has 1 fully saturated rings. The molecule has 1 aliphatic rings. The highest BCUT2D eigenvalue weighted by Crippen LogP contribution is 2.33. The Morgan fingerprint density at radius 3 is 2.35 bits per heavy atom. The van der Waals surface area contributed by atoms with Gasteiger partial charge in [-0.05, 0) is 66.4 Å². The van der Waals surface area contributed by atoms with Crippen molar-refractivity contribution < 1.29 is 33.3 Å². The highest BCUT2D eigenvalue weighted by atomic mass is 16.5. The van der Waals surface area contributed by atoms with Crippen LogP contribution in [0.2, 0.25) is 0 Å². The van der Waals surface area contributed by atoms with Gasteiger partial charge >= 0.3 is 5.97 Å². The lowest BCUT2D eigenvalue weighted by Crippen LogP contribution is -2.28. The number of anilines is 2. The number of aryl methyl sites for hydroxylation is 1. The van der Waals surface area contributed by atoms with E-state index >= 15 is 0 Å². The van der Waals surface area contributed by atoms with E-state index in [1.54, 1.807) is 47.4 Å². The normalized spacial score (nSPS) is 14.7. The van der Waals surface area contributed by atoms with Crippen molar-refractivity contribution in [2.45, 2.75) is 33.1 Å². The molecule has 3 aromatic carbocycles. The first-order chi connectivity index (χ1) is 19.2. The van der Waals surface area contributed by atoms with Crippen LogP contribution in [0.3, 0.4) is 0 Å². The van der Waals surface area contributed by atoms with Crippen molar-refractivity contribution in [3.05, 3.63) is 71.8 Å². The maximum atomic E-state index is 12.7. The maximum absolute atomic E-state index is 12.7. The largest absolute Gasteiger partial charge is 0.497 e. The number of rotatable bonds is 10. The first kappa shape index (κ1) is 28.5. The summed E-state index contributed by atoms with van der Waals surface area (Å²) in [7, 11) is 2.99. The Labute approximate surface area is 234 Å². The van der Waals surface area contributed by atoms with Gasteiger partial charge in [0.2, 0.25) is 5.91 Å². The van der Waals surface area contributed by atoms with Crippen molar-refractivity contribution in [1.82, 2.24) is 0 Å². The van der Waals surface area contributed by atoms with E-state index in [1.165, 1.54) is 14.2 Å². The molecule has 0 unspecified atom stereocenters. The minimum absolute atomic E-state index is 0.00342. The summed E-state index contributed by atoms with van der Waals surface area (Å²) in [6.45, 7) is 5.92. The van der Waals surface area contributed by atoms with E-state index in [0.29, 0.717) is 34.5 Å². The molecule has 0 spiro atoms. The predicted octanol–water partition coefficient (Wildman–Crippen LogP) is 5.46. The number of benzene rings is 3. The first-order valence-electron chi connectivity index (χ1n) is 13.1. The number of carbonyl (C=O) groups is 3. The Kier molecular flexibility index (Phi) is 8.93. The van der Waals surface area contributed by atoms with Crippen LogP contribution in [0.1, 0.15) is 37.3 Å². The minimum atomic E-state index is -0.677. The van der Waals surface area contributed by atoms with E-state index < -0.39 is 24.4 Å². The van der Waals surface area contributed by atoms with Crippen molar-refractivity contribution in [2.75, 3.05) is 37.6 Å². The zero-order valence-electron chi connectivity index (χ0n) is 23.4. The Morgan fingerprint density at radius 1 is 0.950 bits per heavy atom. The number of ether oxygens (including phenoxy) is 4. The summed E-state index contributed by atoms with van der Waals surface area (Å²) in [6.07, 6.45) is 0.00342. The number of esters is 1. The highest BCUT2D eigenvalue weighted by molar-refractivity contribution is 6.00. The molecule has 0 bridgehead atoms. The van der Waals surface area contributed by atoms with Gasteiger partial charge in [0.05, 0.1) is 25.8 Å². The second-order valence-corrected chi connectivity index (χ2v) is 9.92. The summed E-state index contributed by atoms with van der Waals surface area (Å²) >= 11 is 0. The Balaban J connectivity index is 1.33. The second kappa shape index (κ2) is 12.5. The standard InChI is InChI=1S/C31H34N2O7/c1-19(2)25-12-6-20(3)14-28(25)40-23-9-7-22(8-10-23)33-17-21(15-30(33)35)31(36)39-18-29(34)32-26-16-24(37-4)11-13-27(26)38-5/h6-14,16,19,21H,15,17-18H2,1-5H3,(H,32,34)/t21-/m0/s1. The van der Waals surface area contributed by atoms with Crippen LogP contribution >= 0.6 is 0 Å². The molecule has 0 saturated carbocycles. The van der Waals surface area contributed by atoms with Gasteiger partial charge in [0, 0.05) is 24.7 Å². The van der Waals surface area contributed by atoms with Gasteiger partial charge < -0.3 is 29.2 Å². The summed E-state index contributed by atoms with van der Waals surface area (Å²) in [5, 5.41) is 2.65. The zero-order chi connectivity index (χ0) is 28.8. The van der Waals surface area contributed by atoms with Crippen LogP contribution < -0.4 is 24.4 Å². The molecule has 210 valence electrons. The number of hydrogen-bond acceptors (Lipinski definition) is 7. The molecule has 9 heteroatoms. The lowest BCUT2D eigenvalue weighted by molar-refractivity contribution is -0.151. The smallest absolute Gasteiger partial charge is 0.311 e. The highest BCUT2D eigenvalue weighted by Gasteiger charge is 2.36. The van der Waals surface area contributed by atoms with Gasteiger partial charge in [0.25, 0.3) is 5.91 Å². The zero-order valence-corrected chi connectivity index (χ0v) is 23.4. The van der Waals surface area contributed by atoms with E-state index in [1.807, 2.05) is 13.0 Å². The third-order valence-electron chi connectivity index (χ3n) is 6.65. The van der Waals surface area contributed by atoms with Crippen LogP contribution in [0.25, 0.3) is 0 Å². The number of nitrogens with zero attached hydrogens (tertiary/aromatic N) is 1. The van der Waals surface area contributed by atoms with E-state index in [2.05, 4.69) is 31.3 Å². The molecule has 3 aromatic rings. The SMILES string of the molecule is COc1ccc(OC)c(NC(=O)COC(=O)[C@H]2CC(=O)N(c3ccc(Oc4cc(C)ccc4C(C)C)cc3)C2)c1. The monoisotopic (exact) mass is 546 g/mol. The van der Waals surface area contributed by atoms with Crippen LogP contribution in [0, 0.1) is 12.8 Å². The summed E-state index contributed by atoms with van der Waals surface area (Å²) < 4.78 is 21.8. The molecular weight excluding hydrogens is 512 g/mol. The van der Waals surface area contributed by atoms with Crippen LogP contribution in [0.15, 0.2) is 60.7 Å². The number of hydrogen-bond donors (Lipinski definition) is 1. The van der Waals surface area contributed by atoms with Crippen molar-refractivity contribution in [1.29, 1.82) is 0 Å². The molecular formula is C31H34N2O7. The lowest BCUT2D eigenvalue weighted by Gasteiger charge is -2.18. The van der Waals surface area contributed by atoms with Crippen molar-refractivity contribution in [2.24, 2.45) is 5.92 Å². The lowest BCUT2D eigenvalue weighted by atomic mass is 10.0. The summed E-state index contributed by atoms with van der Waals surface area (Å²) in [4.78, 5) is 39.3.